The monoisotopic (exact) mass is 221 g/mol. The number of benzene rings is 1. The molecule has 16 heavy (non-hydrogen) atoms. The molecule has 0 aromatic heterocycles. The van der Waals surface area contributed by atoms with E-state index in [0.29, 0.717) is 5.92 Å². The van der Waals surface area contributed by atoms with Crippen LogP contribution in [-0.4, -0.2) is 6.54 Å². The van der Waals surface area contributed by atoms with Gasteiger partial charge in [-0.25, -0.2) is 4.39 Å². The van der Waals surface area contributed by atoms with Crippen LogP contribution in [-0.2, 0) is 5.41 Å². The minimum absolute atomic E-state index is 0.117. The molecule has 0 saturated carbocycles. The van der Waals surface area contributed by atoms with Gasteiger partial charge >= 0.3 is 0 Å². The van der Waals surface area contributed by atoms with Crippen molar-refractivity contribution in [2.75, 3.05) is 11.9 Å². The SMILES string of the molecule is CCCC1(C(C)C)CNc2ccc(F)cc21. The van der Waals surface area contributed by atoms with Crippen molar-refractivity contribution in [3.05, 3.63) is 29.6 Å². The lowest BCUT2D eigenvalue weighted by Gasteiger charge is -2.33. The molecule has 0 saturated heterocycles. The van der Waals surface area contributed by atoms with Crippen molar-refractivity contribution in [3.8, 4) is 0 Å². The molecule has 1 nitrogen and oxygen atoms in total. The van der Waals surface area contributed by atoms with Gasteiger partial charge in [-0.1, -0.05) is 27.2 Å². The predicted molar refractivity (Wildman–Crippen MR) is 66.3 cm³/mol. The van der Waals surface area contributed by atoms with Crippen LogP contribution in [0.2, 0.25) is 0 Å². The van der Waals surface area contributed by atoms with E-state index >= 15 is 0 Å². The van der Waals surface area contributed by atoms with Gasteiger partial charge in [-0.3, -0.25) is 0 Å². The maximum atomic E-state index is 13.4. The Hall–Kier alpha value is -1.05. The van der Waals surface area contributed by atoms with Gasteiger partial charge < -0.3 is 5.32 Å². The van der Waals surface area contributed by atoms with Gasteiger partial charge in [-0.05, 0) is 36.1 Å². The summed E-state index contributed by atoms with van der Waals surface area (Å²) in [5.74, 6) is 0.409. The van der Waals surface area contributed by atoms with Crippen LogP contribution in [0, 0.1) is 11.7 Å². The zero-order chi connectivity index (χ0) is 11.8. The lowest BCUT2D eigenvalue weighted by Crippen LogP contribution is -2.34. The lowest BCUT2D eigenvalue weighted by molar-refractivity contribution is 0.310. The largest absolute Gasteiger partial charge is 0.384 e. The van der Waals surface area contributed by atoms with Gasteiger partial charge in [-0.2, -0.15) is 0 Å². The maximum Gasteiger partial charge on any atom is 0.123 e. The normalized spacial score (nSPS) is 23.3. The van der Waals surface area contributed by atoms with E-state index in [1.807, 2.05) is 6.07 Å². The lowest BCUT2D eigenvalue weighted by atomic mass is 9.70. The van der Waals surface area contributed by atoms with Crippen molar-refractivity contribution in [3.63, 3.8) is 0 Å². The van der Waals surface area contributed by atoms with Gasteiger partial charge in [0.25, 0.3) is 0 Å². The van der Waals surface area contributed by atoms with Crippen LogP contribution in [0.25, 0.3) is 0 Å². The molecule has 0 bridgehead atoms. The van der Waals surface area contributed by atoms with E-state index in [-0.39, 0.29) is 11.2 Å². The molecule has 2 rings (SSSR count). The second-order valence-corrected chi connectivity index (χ2v) is 5.10. The third kappa shape index (κ3) is 1.60. The summed E-state index contributed by atoms with van der Waals surface area (Å²) in [6.45, 7) is 7.60. The highest BCUT2D eigenvalue weighted by Crippen LogP contribution is 2.45. The zero-order valence-electron chi connectivity index (χ0n) is 10.3. The molecule has 1 aromatic carbocycles. The van der Waals surface area contributed by atoms with Crippen molar-refractivity contribution in [1.29, 1.82) is 0 Å². The molecule has 1 aromatic rings. The molecule has 0 radical (unpaired) electrons. The number of halogens is 1. The van der Waals surface area contributed by atoms with Crippen LogP contribution < -0.4 is 5.32 Å². The first-order chi connectivity index (χ1) is 7.60. The number of hydrogen-bond donors (Lipinski definition) is 1. The van der Waals surface area contributed by atoms with Gasteiger partial charge in [0.1, 0.15) is 5.82 Å². The smallest absolute Gasteiger partial charge is 0.123 e. The number of nitrogens with one attached hydrogen (secondary N) is 1. The summed E-state index contributed by atoms with van der Waals surface area (Å²) in [5, 5.41) is 3.42. The second-order valence-electron chi connectivity index (χ2n) is 5.10. The fourth-order valence-corrected chi connectivity index (χ4v) is 2.90. The van der Waals surface area contributed by atoms with Crippen molar-refractivity contribution in [2.24, 2.45) is 5.92 Å². The standard InChI is InChI=1S/C14H20FN/c1-4-7-14(10(2)3)9-16-13-6-5-11(15)8-12(13)14/h5-6,8,10,16H,4,7,9H2,1-3H3. The van der Waals surface area contributed by atoms with E-state index in [0.717, 1.165) is 25.1 Å². The van der Waals surface area contributed by atoms with E-state index in [4.69, 9.17) is 0 Å². The molecule has 1 heterocycles. The molecule has 1 aliphatic heterocycles. The van der Waals surface area contributed by atoms with Crippen molar-refractivity contribution >= 4 is 5.69 Å². The highest BCUT2D eigenvalue weighted by atomic mass is 19.1. The van der Waals surface area contributed by atoms with Crippen LogP contribution in [0.15, 0.2) is 18.2 Å². The van der Waals surface area contributed by atoms with Gasteiger partial charge in [-0.15, -0.1) is 0 Å². The topological polar surface area (TPSA) is 12.0 Å². The first-order valence-corrected chi connectivity index (χ1v) is 6.14. The molecule has 0 amide bonds. The molecule has 2 heteroatoms. The molecule has 0 fully saturated rings. The van der Waals surface area contributed by atoms with Crippen molar-refractivity contribution in [1.82, 2.24) is 0 Å². The molecule has 88 valence electrons. The average molecular weight is 221 g/mol. The minimum atomic E-state index is -0.122. The molecule has 0 spiro atoms. The van der Waals surface area contributed by atoms with Gasteiger partial charge in [0.05, 0.1) is 0 Å². The van der Waals surface area contributed by atoms with E-state index in [1.165, 1.54) is 11.6 Å². The Kier molecular flexibility index (Phi) is 2.92. The summed E-state index contributed by atoms with van der Waals surface area (Å²) in [5.41, 5.74) is 2.40. The summed E-state index contributed by atoms with van der Waals surface area (Å²) in [6.07, 6.45) is 2.25. The average Bonchev–Trinajstić information content (AvgIpc) is 2.59. The van der Waals surface area contributed by atoms with E-state index < -0.39 is 0 Å². The Bertz CT molecular complexity index is 382. The highest BCUT2D eigenvalue weighted by Gasteiger charge is 2.40. The number of anilines is 1. The molecule has 1 atom stereocenters. The van der Waals surface area contributed by atoms with Crippen molar-refractivity contribution in [2.45, 2.75) is 39.0 Å². The van der Waals surface area contributed by atoms with Crippen LogP contribution in [0.1, 0.15) is 39.2 Å². The third-order valence-corrected chi connectivity index (χ3v) is 3.91. The van der Waals surface area contributed by atoms with Crippen LogP contribution >= 0.6 is 0 Å². The first kappa shape index (κ1) is 11.4. The van der Waals surface area contributed by atoms with E-state index in [2.05, 4.69) is 26.1 Å². The number of fused-ring (bicyclic) bond motifs is 1. The summed E-state index contributed by atoms with van der Waals surface area (Å²) in [4.78, 5) is 0. The molecule has 1 unspecified atom stereocenters. The Morgan fingerprint density at radius 2 is 2.19 bits per heavy atom. The van der Waals surface area contributed by atoms with E-state index in [1.54, 1.807) is 6.07 Å². The quantitative estimate of drug-likeness (QED) is 0.815. The molecule has 1 aliphatic rings. The Morgan fingerprint density at radius 1 is 1.44 bits per heavy atom. The highest BCUT2D eigenvalue weighted by molar-refractivity contribution is 5.60. The van der Waals surface area contributed by atoms with Crippen LogP contribution in [0.4, 0.5) is 10.1 Å². The predicted octanol–water partition coefficient (Wildman–Crippen LogP) is 3.95. The fraction of sp³-hybridized carbons (Fsp3) is 0.571. The van der Waals surface area contributed by atoms with Gasteiger partial charge in [0.2, 0.25) is 0 Å². The third-order valence-electron chi connectivity index (χ3n) is 3.91. The van der Waals surface area contributed by atoms with Gasteiger partial charge in [0, 0.05) is 17.6 Å². The Labute approximate surface area is 97.1 Å². The molecule has 1 N–H and O–H groups in total. The Morgan fingerprint density at radius 3 is 2.81 bits per heavy atom. The molecular weight excluding hydrogens is 201 g/mol. The fourth-order valence-electron chi connectivity index (χ4n) is 2.90. The first-order valence-electron chi connectivity index (χ1n) is 6.14. The second kappa shape index (κ2) is 4.08. The van der Waals surface area contributed by atoms with Crippen LogP contribution in [0.3, 0.4) is 0 Å². The molecular formula is C14H20FN. The summed E-state index contributed by atoms with van der Waals surface area (Å²) in [6, 6.07) is 5.11. The maximum absolute atomic E-state index is 13.4. The Balaban J connectivity index is 2.49. The summed E-state index contributed by atoms with van der Waals surface area (Å²) >= 11 is 0. The van der Waals surface area contributed by atoms with Crippen LogP contribution in [0.5, 0.6) is 0 Å². The van der Waals surface area contributed by atoms with Gasteiger partial charge in [0.15, 0.2) is 0 Å². The van der Waals surface area contributed by atoms with E-state index in [9.17, 15) is 4.39 Å². The van der Waals surface area contributed by atoms with Crippen molar-refractivity contribution < 1.29 is 4.39 Å². The zero-order valence-corrected chi connectivity index (χ0v) is 10.3. The molecule has 0 aliphatic carbocycles. The minimum Gasteiger partial charge on any atom is -0.384 e. The number of hydrogen-bond acceptors (Lipinski definition) is 1. The summed E-state index contributed by atoms with van der Waals surface area (Å²) < 4.78 is 13.4. The summed E-state index contributed by atoms with van der Waals surface area (Å²) in [7, 11) is 0. The number of rotatable bonds is 3.